The number of carboxylic acid groups (broad SMARTS) is 1. The number of likely N-dealkylation sites (tertiary alicyclic amines) is 1. The van der Waals surface area contributed by atoms with Crippen molar-refractivity contribution in [1.82, 2.24) is 4.90 Å². The highest BCUT2D eigenvalue weighted by molar-refractivity contribution is 6.30. The van der Waals surface area contributed by atoms with Gasteiger partial charge < -0.3 is 10.0 Å². The van der Waals surface area contributed by atoms with Crippen LogP contribution in [0, 0.1) is 11.7 Å². The minimum Gasteiger partial charge on any atom is -0.481 e. The lowest BCUT2D eigenvalue weighted by Crippen LogP contribution is -2.43. The number of hydrogen-bond acceptors (Lipinski definition) is 2. The van der Waals surface area contributed by atoms with Crippen molar-refractivity contribution < 1.29 is 19.1 Å². The maximum absolute atomic E-state index is 14.0. The number of rotatable bonds is 3. The van der Waals surface area contributed by atoms with Crippen LogP contribution in [0.5, 0.6) is 0 Å². The molecule has 1 saturated heterocycles. The molecule has 0 radical (unpaired) electrons. The van der Waals surface area contributed by atoms with E-state index in [-0.39, 0.29) is 23.0 Å². The van der Waals surface area contributed by atoms with Gasteiger partial charge in [-0.15, -0.1) is 0 Å². The van der Waals surface area contributed by atoms with E-state index >= 15 is 0 Å². The molecule has 1 N–H and O–H groups in total. The molecule has 21 heavy (non-hydrogen) atoms. The Hall–Kier alpha value is -1.62. The zero-order valence-corrected chi connectivity index (χ0v) is 12.7. The molecule has 1 amide bonds. The van der Waals surface area contributed by atoms with Gasteiger partial charge in [0.1, 0.15) is 5.82 Å². The topological polar surface area (TPSA) is 57.6 Å². The van der Waals surface area contributed by atoms with E-state index in [2.05, 4.69) is 0 Å². The number of carbonyl (C=O) groups is 2. The Labute approximate surface area is 127 Å². The largest absolute Gasteiger partial charge is 0.481 e. The molecule has 1 aromatic rings. The summed E-state index contributed by atoms with van der Waals surface area (Å²) in [7, 11) is 0. The van der Waals surface area contributed by atoms with Gasteiger partial charge in [-0.3, -0.25) is 9.59 Å². The van der Waals surface area contributed by atoms with Crippen LogP contribution < -0.4 is 0 Å². The van der Waals surface area contributed by atoms with Gasteiger partial charge in [0.2, 0.25) is 5.91 Å². The van der Waals surface area contributed by atoms with Crippen molar-refractivity contribution >= 4 is 23.5 Å². The van der Waals surface area contributed by atoms with Crippen molar-refractivity contribution in [3.05, 3.63) is 34.6 Å². The predicted octanol–water partition coefficient (Wildman–Crippen LogP) is 2.69. The number of hydrogen-bond donors (Lipinski definition) is 1. The number of nitrogens with zero attached hydrogens (tertiary/aromatic N) is 1. The molecule has 1 aliphatic heterocycles. The SMILES string of the molecule is CC(C)(C(=O)N1CCC(C(=O)O)C1)c1ccc(Cl)cc1F. The fourth-order valence-electron chi connectivity index (χ4n) is 2.65. The van der Waals surface area contributed by atoms with Crippen LogP contribution in [0.4, 0.5) is 4.39 Å². The number of aliphatic carboxylic acids is 1. The molecule has 0 saturated carbocycles. The van der Waals surface area contributed by atoms with Crippen molar-refractivity contribution in [3.63, 3.8) is 0 Å². The van der Waals surface area contributed by atoms with Gasteiger partial charge in [0, 0.05) is 23.7 Å². The summed E-state index contributed by atoms with van der Waals surface area (Å²) in [5.41, 5.74) is -0.808. The van der Waals surface area contributed by atoms with Gasteiger partial charge in [-0.05, 0) is 32.4 Å². The van der Waals surface area contributed by atoms with E-state index in [0.29, 0.717) is 13.0 Å². The Bertz CT molecular complexity index is 588. The first-order valence-corrected chi connectivity index (χ1v) is 7.09. The first-order valence-electron chi connectivity index (χ1n) is 6.71. The van der Waals surface area contributed by atoms with E-state index in [1.165, 1.54) is 17.0 Å². The second-order valence-electron chi connectivity index (χ2n) is 5.82. The molecule has 1 fully saturated rings. The van der Waals surface area contributed by atoms with Crippen molar-refractivity contribution in [1.29, 1.82) is 0 Å². The van der Waals surface area contributed by atoms with Crippen molar-refractivity contribution in [2.45, 2.75) is 25.7 Å². The predicted molar refractivity (Wildman–Crippen MR) is 76.8 cm³/mol. The Kier molecular flexibility index (Phi) is 4.23. The fraction of sp³-hybridized carbons (Fsp3) is 0.467. The molecular weight excluding hydrogens is 297 g/mol. The molecule has 1 heterocycles. The Balaban J connectivity index is 2.23. The van der Waals surface area contributed by atoms with Gasteiger partial charge in [0.15, 0.2) is 0 Å². The molecular formula is C15H17ClFNO3. The standard InChI is InChI=1S/C15H17ClFNO3/c1-15(2,11-4-3-10(16)7-12(11)17)14(21)18-6-5-9(8-18)13(19)20/h3-4,7,9H,5-6,8H2,1-2H3,(H,19,20). The Morgan fingerprint density at radius 1 is 1.43 bits per heavy atom. The smallest absolute Gasteiger partial charge is 0.308 e. The third kappa shape index (κ3) is 3.02. The summed E-state index contributed by atoms with van der Waals surface area (Å²) in [5, 5.41) is 9.26. The Morgan fingerprint density at radius 3 is 2.62 bits per heavy atom. The van der Waals surface area contributed by atoms with E-state index in [4.69, 9.17) is 16.7 Å². The monoisotopic (exact) mass is 313 g/mol. The molecule has 0 aliphatic carbocycles. The first kappa shape index (κ1) is 15.8. The van der Waals surface area contributed by atoms with Crippen LogP contribution in [-0.4, -0.2) is 35.0 Å². The van der Waals surface area contributed by atoms with Crippen LogP contribution in [0.15, 0.2) is 18.2 Å². The molecule has 1 unspecified atom stereocenters. The van der Waals surface area contributed by atoms with Crippen LogP contribution in [-0.2, 0) is 15.0 Å². The highest BCUT2D eigenvalue weighted by atomic mass is 35.5. The van der Waals surface area contributed by atoms with Gasteiger partial charge in [0.25, 0.3) is 0 Å². The number of carboxylic acids is 1. The van der Waals surface area contributed by atoms with Crippen LogP contribution in [0.1, 0.15) is 25.8 Å². The lowest BCUT2D eigenvalue weighted by molar-refractivity contribution is -0.141. The minimum absolute atomic E-state index is 0.173. The third-order valence-corrected chi connectivity index (χ3v) is 4.20. The van der Waals surface area contributed by atoms with Crippen molar-refractivity contribution in [2.24, 2.45) is 5.92 Å². The number of carbonyl (C=O) groups excluding carboxylic acids is 1. The lowest BCUT2D eigenvalue weighted by Gasteiger charge is -2.30. The second-order valence-corrected chi connectivity index (χ2v) is 6.26. The highest BCUT2D eigenvalue weighted by Crippen LogP contribution is 2.31. The van der Waals surface area contributed by atoms with E-state index in [1.807, 2.05) is 0 Å². The average Bonchev–Trinajstić information content (AvgIpc) is 2.86. The summed E-state index contributed by atoms with van der Waals surface area (Å²) in [4.78, 5) is 25.1. The molecule has 1 aliphatic rings. The second kappa shape index (κ2) is 5.64. The third-order valence-electron chi connectivity index (χ3n) is 3.96. The molecule has 1 atom stereocenters. The van der Waals surface area contributed by atoms with Gasteiger partial charge in [-0.25, -0.2) is 4.39 Å². The molecule has 4 nitrogen and oxygen atoms in total. The Morgan fingerprint density at radius 2 is 2.10 bits per heavy atom. The summed E-state index contributed by atoms with van der Waals surface area (Å²) in [6.45, 7) is 3.83. The van der Waals surface area contributed by atoms with Gasteiger partial charge in [0.05, 0.1) is 11.3 Å². The minimum atomic E-state index is -1.07. The summed E-state index contributed by atoms with van der Waals surface area (Å²) in [6.07, 6.45) is 0.431. The van der Waals surface area contributed by atoms with Crippen molar-refractivity contribution in [3.8, 4) is 0 Å². The van der Waals surface area contributed by atoms with Crippen LogP contribution in [0.25, 0.3) is 0 Å². The van der Waals surface area contributed by atoms with E-state index in [1.54, 1.807) is 19.9 Å². The molecule has 0 spiro atoms. The molecule has 114 valence electrons. The normalized spacial score (nSPS) is 18.9. The first-order chi connectivity index (χ1) is 9.73. The summed E-state index contributed by atoms with van der Waals surface area (Å²) < 4.78 is 14.0. The zero-order valence-electron chi connectivity index (χ0n) is 11.9. The van der Waals surface area contributed by atoms with Crippen LogP contribution >= 0.6 is 11.6 Å². The quantitative estimate of drug-likeness (QED) is 0.933. The molecule has 0 aromatic heterocycles. The summed E-state index contributed by atoms with van der Waals surface area (Å²) in [6, 6.07) is 4.22. The fourth-order valence-corrected chi connectivity index (χ4v) is 2.81. The number of benzene rings is 1. The lowest BCUT2D eigenvalue weighted by atomic mass is 9.83. The molecule has 0 bridgehead atoms. The molecule has 2 rings (SSSR count). The van der Waals surface area contributed by atoms with Crippen LogP contribution in [0.2, 0.25) is 5.02 Å². The van der Waals surface area contributed by atoms with Gasteiger partial charge in [-0.1, -0.05) is 17.7 Å². The zero-order chi connectivity index (χ0) is 15.8. The van der Waals surface area contributed by atoms with Crippen LogP contribution in [0.3, 0.4) is 0 Å². The highest BCUT2D eigenvalue weighted by Gasteiger charge is 2.40. The van der Waals surface area contributed by atoms with Gasteiger partial charge in [-0.2, -0.15) is 0 Å². The number of halogens is 2. The van der Waals surface area contributed by atoms with Crippen molar-refractivity contribution in [2.75, 3.05) is 13.1 Å². The summed E-state index contributed by atoms with van der Waals surface area (Å²) in [5.74, 6) is -2.25. The van der Waals surface area contributed by atoms with E-state index in [0.717, 1.165) is 0 Å². The maximum atomic E-state index is 14.0. The molecule has 1 aromatic carbocycles. The maximum Gasteiger partial charge on any atom is 0.308 e. The average molecular weight is 314 g/mol. The van der Waals surface area contributed by atoms with Gasteiger partial charge >= 0.3 is 5.97 Å². The number of amides is 1. The van der Waals surface area contributed by atoms with E-state index in [9.17, 15) is 14.0 Å². The van der Waals surface area contributed by atoms with E-state index < -0.39 is 23.1 Å². The summed E-state index contributed by atoms with van der Waals surface area (Å²) >= 11 is 5.73. The molecule has 6 heteroatoms.